The maximum absolute atomic E-state index is 12.5. The average Bonchev–Trinajstić information content (AvgIpc) is 3.02. The molecule has 0 amide bonds. The van der Waals surface area contributed by atoms with E-state index in [1.807, 2.05) is 6.07 Å². The van der Waals surface area contributed by atoms with E-state index in [-0.39, 0.29) is 47.8 Å². The smallest absolute Gasteiger partial charge is 0.302 e. The van der Waals surface area contributed by atoms with Crippen LogP contribution in [-0.4, -0.2) is 71.2 Å². The van der Waals surface area contributed by atoms with E-state index < -0.39 is 18.2 Å². The molecule has 1 spiro atoms. The Kier molecular flexibility index (Phi) is 11.2. The second kappa shape index (κ2) is 15.1. The van der Waals surface area contributed by atoms with Gasteiger partial charge in [-0.2, -0.15) is 0 Å². The van der Waals surface area contributed by atoms with Gasteiger partial charge < -0.3 is 41.2 Å². The predicted octanol–water partition coefficient (Wildman–Crippen LogP) is 3.29. The van der Waals surface area contributed by atoms with Crippen molar-refractivity contribution in [1.82, 2.24) is 10.6 Å². The van der Waals surface area contributed by atoms with Crippen LogP contribution in [-0.2, 0) is 22.6 Å². The number of aromatic hydroxyl groups is 1. The molecule has 1 saturated heterocycles. The SMILES string of the molecule is CN=C(N)N[C@@H]1CCCC[C@@]12C#C[C@@H]1CCC[C@@H]3C[C@H](CCN3)Oc3cc(c(CO)cc3O)C[C@@H]1[C@H](OC(C)=O)C[C@@H](O)CC2. The number of carbonyl (C=O) groups is 1. The molecule has 4 aliphatic rings. The van der Waals surface area contributed by atoms with Crippen molar-refractivity contribution in [3.05, 3.63) is 23.3 Å². The summed E-state index contributed by atoms with van der Waals surface area (Å²) in [7, 11) is 1.68. The molecule has 10 heteroatoms. The first-order valence-electron chi connectivity index (χ1n) is 16.9. The molecule has 45 heavy (non-hydrogen) atoms. The fraction of sp³-hybridized carbons (Fsp3) is 0.714. The third-order valence-corrected chi connectivity index (χ3v) is 10.6. The number of aliphatic imine (C=N–C) groups is 1. The van der Waals surface area contributed by atoms with Gasteiger partial charge >= 0.3 is 5.97 Å². The quantitative estimate of drug-likeness (QED) is 0.128. The molecule has 248 valence electrons. The second-order valence-corrected chi connectivity index (χ2v) is 13.6. The number of phenols is 1. The Morgan fingerprint density at radius 3 is 2.80 bits per heavy atom. The summed E-state index contributed by atoms with van der Waals surface area (Å²) in [4.78, 5) is 16.6. The maximum atomic E-state index is 12.5. The Morgan fingerprint density at radius 1 is 1.18 bits per heavy atom. The first kappa shape index (κ1) is 33.4. The lowest BCUT2D eigenvalue weighted by Gasteiger charge is -2.43. The fourth-order valence-electron chi connectivity index (χ4n) is 8.10. The van der Waals surface area contributed by atoms with Gasteiger partial charge in [-0.3, -0.25) is 9.79 Å². The number of nitrogens with zero attached hydrogens (tertiary/aromatic N) is 1. The molecule has 1 aromatic rings. The lowest BCUT2D eigenvalue weighted by molar-refractivity contribution is -0.152. The summed E-state index contributed by atoms with van der Waals surface area (Å²) in [5.74, 6) is 7.58. The first-order chi connectivity index (χ1) is 21.7. The Morgan fingerprint density at radius 2 is 2.02 bits per heavy atom. The third-order valence-electron chi connectivity index (χ3n) is 10.6. The van der Waals surface area contributed by atoms with Crippen molar-refractivity contribution in [2.75, 3.05) is 13.6 Å². The molecule has 0 aromatic heterocycles. The van der Waals surface area contributed by atoms with Crippen LogP contribution in [0, 0.1) is 29.1 Å². The van der Waals surface area contributed by atoms with Crippen molar-refractivity contribution in [2.45, 2.75) is 127 Å². The van der Waals surface area contributed by atoms with E-state index in [9.17, 15) is 20.1 Å². The van der Waals surface area contributed by atoms with Gasteiger partial charge in [-0.15, -0.1) is 0 Å². The van der Waals surface area contributed by atoms with Gasteiger partial charge in [0.15, 0.2) is 17.5 Å². The first-order valence-corrected chi connectivity index (χ1v) is 16.9. The van der Waals surface area contributed by atoms with Crippen molar-refractivity contribution in [2.24, 2.45) is 28.0 Å². The third kappa shape index (κ3) is 8.24. The monoisotopic (exact) mass is 624 g/mol. The molecule has 2 aliphatic heterocycles. The highest BCUT2D eigenvalue weighted by Gasteiger charge is 2.42. The number of hydrogen-bond acceptors (Lipinski definition) is 8. The summed E-state index contributed by atoms with van der Waals surface area (Å²) in [6.45, 7) is 2.01. The van der Waals surface area contributed by atoms with Crippen LogP contribution in [0.5, 0.6) is 11.5 Å². The predicted molar refractivity (Wildman–Crippen MR) is 173 cm³/mol. The number of hydrogen-bond donors (Lipinski definition) is 6. The molecule has 8 atom stereocenters. The number of benzene rings is 1. The minimum atomic E-state index is -0.685. The lowest BCUT2D eigenvalue weighted by atomic mass is 9.66. The van der Waals surface area contributed by atoms with Gasteiger partial charge in [-0.1, -0.05) is 31.1 Å². The Balaban J connectivity index is 1.62. The van der Waals surface area contributed by atoms with Gasteiger partial charge in [0.1, 0.15) is 12.2 Å². The lowest BCUT2D eigenvalue weighted by Crippen LogP contribution is -2.52. The number of fused-ring (bicyclic) bond motifs is 5. The number of ether oxygens (including phenoxy) is 2. The standard InChI is InChI=1S/C35H52N4O6/c1-22(41)44-31-20-27(42)10-14-35(12-4-3-8-33(35)39-34(36)37-2)13-9-23-6-5-7-26-19-28(11-15-38-26)45-32-18-24(16-29(23)31)25(21-40)17-30(32)43/h17-18,23,26-29,31,33,38,40,42-43H,3-8,10-12,14-16,19-21H2,1-2H3,(H3,36,37,39)/t23-,26+,27-,28-,29-,31+,33+,35-/m0/s1. The number of piperidine rings is 1. The van der Waals surface area contributed by atoms with Crippen molar-refractivity contribution in [3.8, 4) is 23.3 Å². The van der Waals surface area contributed by atoms with Crippen LogP contribution in [0.3, 0.4) is 0 Å². The summed E-state index contributed by atoms with van der Waals surface area (Å²) < 4.78 is 12.4. The molecule has 10 nitrogen and oxygen atoms in total. The van der Waals surface area contributed by atoms with Crippen LogP contribution in [0.25, 0.3) is 0 Å². The van der Waals surface area contributed by atoms with Crippen molar-refractivity contribution >= 4 is 11.9 Å². The van der Waals surface area contributed by atoms with Crippen LogP contribution < -0.4 is 21.1 Å². The van der Waals surface area contributed by atoms with Gasteiger partial charge in [0, 0.05) is 44.3 Å². The molecule has 1 aromatic carbocycles. The van der Waals surface area contributed by atoms with E-state index in [0.717, 1.165) is 69.9 Å². The Bertz CT molecular complexity index is 1280. The number of esters is 1. The van der Waals surface area contributed by atoms with E-state index in [0.29, 0.717) is 43.0 Å². The number of aliphatic hydroxyl groups excluding tert-OH is 2. The Hall–Kier alpha value is -3.00. The van der Waals surface area contributed by atoms with E-state index in [1.54, 1.807) is 13.1 Å². The van der Waals surface area contributed by atoms with Crippen LogP contribution in [0.4, 0.5) is 0 Å². The minimum Gasteiger partial charge on any atom is -0.504 e. The zero-order valence-corrected chi connectivity index (χ0v) is 26.9. The molecule has 0 unspecified atom stereocenters. The topological polar surface area (TPSA) is 159 Å². The van der Waals surface area contributed by atoms with Crippen molar-refractivity contribution < 1.29 is 29.6 Å². The zero-order valence-electron chi connectivity index (χ0n) is 26.9. The molecule has 2 heterocycles. The fourth-order valence-corrected chi connectivity index (χ4v) is 8.10. The zero-order chi connectivity index (χ0) is 32.0. The van der Waals surface area contributed by atoms with Gasteiger partial charge in [0.2, 0.25) is 0 Å². The van der Waals surface area contributed by atoms with Crippen LogP contribution in [0.15, 0.2) is 17.1 Å². The summed E-state index contributed by atoms with van der Waals surface area (Å²) in [5.41, 5.74) is 7.23. The van der Waals surface area contributed by atoms with Gasteiger partial charge in [-0.25, -0.2) is 0 Å². The number of nitrogens with two attached hydrogens (primary N) is 1. The number of carbonyl (C=O) groups excluding carboxylic acids is 1. The summed E-state index contributed by atoms with van der Waals surface area (Å²) in [6.07, 6.45) is 9.06. The van der Waals surface area contributed by atoms with Crippen LogP contribution in [0.2, 0.25) is 0 Å². The molecular formula is C35H52N4O6. The molecular weight excluding hydrogens is 572 g/mol. The molecule has 2 fully saturated rings. The van der Waals surface area contributed by atoms with E-state index in [4.69, 9.17) is 15.2 Å². The summed E-state index contributed by atoms with van der Waals surface area (Å²) >= 11 is 0. The summed E-state index contributed by atoms with van der Waals surface area (Å²) in [6, 6.07) is 3.74. The highest BCUT2D eigenvalue weighted by Crippen LogP contribution is 2.43. The van der Waals surface area contributed by atoms with E-state index in [2.05, 4.69) is 27.5 Å². The maximum Gasteiger partial charge on any atom is 0.302 e. The van der Waals surface area contributed by atoms with Gasteiger partial charge in [-0.05, 0) is 87.6 Å². The van der Waals surface area contributed by atoms with Crippen LogP contribution in [0.1, 0.15) is 95.1 Å². The van der Waals surface area contributed by atoms with Crippen molar-refractivity contribution in [3.63, 3.8) is 0 Å². The molecule has 4 bridgehead atoms. The number of nitrogens with one attached hydrogen (secondary N) is 2. The van der Waals surface area contributed by atoms with E-state index in [1.165, 1.54) is 6.92 Å². The molecule has 1 saturated carbocycles. The highest BCUT2D eigenvalue weighted by molar-refractivity contribution is 5.78. The molecule has 2 aliphatic carbocycles. The van der Waals surface area contributed by atoms with E-state index >= 15 is 0 Å². The largest absolute Gasteiger partial charge is 0.504 e. The van der Waals surface area contributed by atoms with Crippen LogP contribution >= 0.6 is 0 Å². The number of rotatable bonds is 3. The average molecular weight is 625 g/mol. The van der Waals surface area contributed by atoms with Gasteiger partial charge in [0.05, 0.1) is 18.1 Å². The molecule has 5 rings (SSSR count). The number of phenolic OH excluding ortho intramolecular Hbond substituents is 1. The summed E-state index contributed by atoms with van der Waals surface area (Å²) in [5, 5.41) is 39.8. The minimum absolute atomic E-state index is 0.00897. The molecule has 0 radical (unpaired) electrons. The molecule has 7 N–H and O–H groups in total. The van der Waals surface area contributed by atoms with Crippen molar-refractivity contribution in [1.29, 1.82) is 0 Å². The normalized spacial score (nSPS) is 34.3. The van der Waals surface area contributed by atoms with Gasteiger partial charge in [0.25, 0.3) is 0 Å². The number of aliphatic hydroxyl groups is 2. The number of guanidine groups is 1. The second-order valence-electron chi connectivity index (χ2n) is 13.6. The highest BCUT2D eigenvalue weighted by atomic mass is 16.5. The Labute approximate surface area is 267 Å².